The van der Waals surface area contributed by atoms with Gasteiger partial charge < -0.3 is 10.6 Å². The van der Waals surface area contributed by atoms with E-state index in [1.54, 1.807) is 0 Å². The Morgan fingerprint density at radius 1 is 1.21 bits per heavy atom. The smallest absolute Gasteiger partial charge is 0.170 e. The predicted molar refractivity (Wildman–Crippen MR) is 87.4 cm³/mol. The van der Waals surface area contributed by atoms with Crippen molar-refractivity contribution in [1.29, 1.82) is 0 Å². The van der Waals surface area contributed by atoms with E-state index < -0.39 is 0 Å². The minimum absolute atomic E-state index is 0.700. The highest BCUT2D eigenvalue weighted by molar-refractivity contribution is 7.99. The van der Waals surface area contributed by atoms with Crippen LogP contribution < -0.4 is 10.6 Å². The number of nitrogens with one attached hydrogen (secondary N) is 2. The Kier molecular flexibility index (Phi) is 5.98. The van der Waals surface area contributed by atoms with E-state index in [1.807, 2.05) is 17.8 Å². The molecular formula is C15H18N2S2. The minimum atomic E-state index is 0.700. The molecule has 100 valence electrons. The molecular weight excluding hydrogens is 272 g/mol. The maximum absolute atomic E-state index is 5.26. The fourth-order valence-electron chi connectivity index (χ4n) is 1.73. The van der Waals surface area contributed by atoms with Crippen LogP contribution in [0.4, 0.5) is 0 Å². The van der Waals surface area contributed by atoms with Gasteiger partial charge >= 0.3 is 0 Å². The van der Waals surface area contributed by atoms with Crippen LogP contribution in [-0.2, 0) is 0 Å². The normalized spacial score (nSPS) is 13.8. The summed E-state index contributed by atoms with van der Waals surface area (Å²) in [5, 5.41) is 7.13. The molecule has 0 saturated carbocycles. The lowest BCUT2D eigenvalue weighted by molar-refractivity contribution is 0.927. The van der Waals surface area contributed by atoms with Crippen molar-refractivity contribution in [2.24, 2.45) is 0 Å². The van der Waals surface area contributed by atoms with Crippen molar-refractivity contribution in [1.82, 2.24) is 10.6 Å². The fourth-order valence-corrected chi connectivity index (χ4v) is 2.74. The molecule has 0 aromatic heterocycles. The number of thiocarbonyl (C=S) groups is 1. The van der Waals surface area contributed by atoms with Crippen LogP contribution in [0.5, 0.6) is 0 Å². The van der Waals surface area contributed by atoms with E-state index in [0.29, 0.717) is 5.11 Å². The molecule has 4 heteroatoms. The van der Waals surface area contributed by atoms with Crippen LogP contribution in [0, 0.1) is 0 Å². The van der Waals surface area contributed by atoms with E-state index >= 15 is 0 Å². The van der Waals surface area contributed by atoms with Crippen LogP contribution in [0.15, 0.2) is 59.2 Å². The van der Waals surface area contributed by atoms with Crippen molar-refractivity contribution in [3.63, 3.8) is 0 Å². The number of hydrogen-bond donors (Lipinski definition) is 2. The Morgan fingerprint density at radius 3 is 2.79 bits per heavy atom. The second-order valence-electron chi connectivity index (χ2n) is 4.18. The first-order valence-corrected chi connectivity index (χ1v) is 7.83. The Labute approximate surface area is 124 Å². The molecule has 0 atom stereocenters. The number of hydrogen-bond acceptors (Lipinski definition) is 2. The van der Waals surface area contributed by atoms with Gasteiger partial charge in [0.1, 0.15) is 0 Å². The number of thioether (sulfide) groups is 1. The van der Waals surface area contributed by atoms with Crippen LogP contribution >= 0.6 is 24.0 Å². The van der Waals surface area contributed by atoms with Gasteiger partial charge in [-0.2, -0.15) is 0 Å². The molecule has 0 radical (unpaired) electrons. The molecule has 0 fully saturated rings. The lowest BCUT2D eigenvalue weighted by Crippen LogP contribution is -2.35. The van der Waals surface area contributed by atoms with Crippen molar-refractivity contribution in [2.75, 3.05) is 12.3 Å². The average molecular weight is 290 g/mol. The van der Waals surface area contributed by atoms with Crippen LogP contribution in [-0.4, -0.2) is 17.4 Å². The van der Waals surface area contributed by atoms with Crippen molar-refractivity contribution < 1.29 is 0 Å². The van der Waals surface area contributed by atoms with E-state index in [1.165, 1.54) is 4.90 Å². The van der Waals surface area contributed by atoms with Gasteiger partial charge in [0, 0.05) is 22.9 Å². The van der Waals surface area contributed by atoms with Gasteiger partial charge in [0.15, 0.2) is 5.11 Å². The van der Waals surface area contributed by atoms with E-state index in [-0.39, 0.29) is 0 Å². The van der Waals surface area contributed by atoms with E-state index in [2.05, 4.69) is 53.1 Å². The van der Waals surface area contributed by atoms with Gasteiger partial charge in [-0.25, -0.2) is 0 Å². The Bertz CT molecular complexity index is 466. The molecule has 0 bridgehead atoms. The SMILES string of the molecule is S=C(NCCSc1ccccc1)NC1=CCCC=C1. The van der Waals surface area contributed by atoms with Crippen molar-refractivity contribution in [2.45, 2.75) is 17.7 Å². The lowest BCUT2D eigenvalue weighted by Gasteiger charge is -2.12. The average Bonchev–Trinajstić information content (AvgIpc) is 2.46. The first-order valence-electron chi connectivity index (χ1n) is 6.44. The van der Waals surface area contributed by atoms with E-state index in [4.69, 9.17) is 12.2 Å². The van der Waals surface area contributed by atoms with Gasteiger partial charge in [0.25, 0.3) is 0 Å². The predicted octanol–water partition coefficient (Wildman–Crippen LogP) is 3.48. The molecule has 0 aliphatic heterocycles. The molecule has 1 aromatic carbocycles. The summed E-state index contributed by atoms with van der Waals surface area (Å²) in [5.41, 5.74) is 1.10. The molecule has 19 heavy (non-hydrogen) atoms. The molecule has 0 saturated heterocycles. The van der Waals surface area contributed by atoms with Gasteiger partial charge in [-0.05, 0) is 43.3 Å². The number of allylic oxidation sites excluding steroid dienone is 3. The highest BCUT2D eigenvalue weighted by Crippen LogP contribution is 2.15. The van der Waals surface area contributed by atoms with Gasteiger partial charge in [0.2, 0.25) is 0 Å². The second kappa shape index (κ2) is 8.02. The van der Waals surface area contributed by atoms with Crippen LogP contribution in [0.3, 0.4) is 0 Å². The third kappa shape index (κ3) is 5.49. The zero-order chi connectivity index (χ0) is 13.3. The second-order valence-corrected chi connectivity index (χ2v) is 5.76. The molecule has 0 amide bonds. The van der Waals surface area contributed by atoms with Gasteiger partial charge in [-0.1, -0.05) is 30.4 Å². The lowest BCUT2D eigenvalue weighted by atomic mass is 10.1. The van der Waals surface area contributed by atoms with Gasteiger partial charge in [0.05, 0.1) is 0 Å². The summed E-state index contributed by atoms with van der Waals surface area (Å²) >= 11 is 7.09. The number of benzene rings is 1. The van der Waals surface area contributed by atoms with Gasteiger partial charge in [-0.15, -0.1) is 11.8 Å². The van der Waals surface area contributed by atoms with Crippen LogP contribution in [0.2, 0.25) is 0 Å². The minimum Gasteiger partial charge on any atom is -0.362 e. The molecule has 0 unspecified atom stereocenters. The van der Waals surface area contributed by atoms with Crippen LogP contribution in [0.25, 0.3) is 0 Å². The third-order valence-corrected chi connectivity index (χ3v) is 3.91. The molecule has 1 aromatic rings. The molecule has 2 N–H and O–H groups in total. The quantitative estimate of drug-likeness (QED) is 0.492. The zero-order valence-electron chi connectivity index (χ0n) is 10.8. The molecule has 1 aliphatic rings. The monoisotopic (exact) mass is 290 g/mol. The molecule has 0 heterocycles. The molecule has 0 spiro atoms. The maximum Gasteiger partial charge on any atom is 0.170 e. The highest BCUT2D eigenvalue weighted by Gasteiger charge is 2.00. The summed E-state index contributed by atoms with van der Waals surface area (Å²) in [7, 11) is 0. The van der Waals surface area contributed by atoms with Crippen molar-refractivity contribution >= 4 is 29.1 Å². The Hall–Kier alpha value is -1.26. The zero-order valence-corrected chi connectivity index (χ0v) is 12.4. The van der Waals surface area contributed by atoms with Crippen LogP contribution in [0.1, 0.15) is 12.8 Å². The first-order chi connectivity index (χ1) is 9.34. The third-order valence-electron chi connectivity index (χ3n) is 2.65. The summed E-state index contributed by atoms with van der Waals surface area (Å²) in [4.78, 5) is 1.29. The Morgan fingerprint density at radius 2 is 2.05 bits per heavy atom. The highest BCUT2D eigenvalue weighted by atomic mass is 32.2. The van der Waals surface area contributed by atoms with E-state index in [0.717, 1.165) is 30.8 Å². The largest absolute Gasteiger partial charge is 0.362 e. The molecule has 1 aliphatic carbocycles. The van der Waals surface area contributed by atoms with E-state index in [9.17, 15) is 0 Å². The maximum atomic E-state index is 5.26. The standard InChI is InChI=1S/C15H18N2S2/c18-15(17-13-7-3-1-4-8-13)16-11-12-19-14-9-5-2-6-10-14/h2-3,5-10H,1,4,11-12H2,(H2,16,17,18). The van der Waals surface area contributed by atoms with Gasteiger partial charge in [-0.3, -0.25) is 0 Å². The summed E-state index contributed by atoms with van der Waals surface area (Å²) in [5.74, 6) is 1.00. The first kappa shape index (κ1) is 14.2. The fraction of sp³-hybridized carbons (Fsp3) is 0.267. The summed E-state index contributed by atoms with van der Waals surface area (Å²) in [6, 6.07) is 10.4. The molecule has 2 nitrogen and oxygen atoms in total. The van der Waals surface area contributed by atoms with Crippen molar-refractivity contribution in [3.05, 3.63) is 54.3 Å². The Balaban J connectivity index is 1.61. The number of rotatable bonds is 5. The summed E-state index contributed by atoms with van der Waals surface area (Å²) < 4.78 is 0. The van der Waals surface area contributed by atoms with Crippen molar-refractivity contribution in [3.8, 4) is 0 Å². The molecule has 2 rings (SSSR count). The summed E-state index contributed by atoms with van der Waals surface area (Å²) in [6.45, 7) is 0.863. The summed E-state index contributed by atoms with van der Waals surface area (Å²) in [6.07, 6.45) is 8.63. The topological polar surface area (TPSA) is 24.1 Å².